The van der Waals surface area contributed by atoms with Crippen LogP contribution in [0.1, 0.15) is 61.3 Å². The second kappa shape index (κ2) is 8.00. The normalized spacial score (nSPS) is 17.7. The SMILES string of the molecule is COc1ccc(C2CCCN2C(=O)c2ccc3c(c2)C(=O)N(Cc2ccco2)C3=O)cc1. The number of carbonyl (C=O) groups excluding carboxylic acids is 3. The van der Waals surface area contributed by atoms with Gasteiger partial charge in [-0.15, -0.1) is 0 Å². The molecule has 3 amide bonds. The van der Waals surface area contributed by atoms with Crippen molar-refractivity contribution in [2.24, 2.45) is 0 Å². The van der Waals surface area contributed by atoms with Crippen molar-refractivity contribution in [3.63, 3.8) is 0 Å². The first-order chi connectivity index (χ1) is 15.6. The van der Waals surface area contributed by atoms with E-state index < -0.39 is 5.91 Å². The molecule has 3 aromatic rings. The molecule has 1 aromatic heterocycles. The number of likely N-dealkylation sites (tertiary alicyclic amines) is 1. The van der Waals surface area contributed by atoms with Gasteiger partial charge in [0, 0.05) is 12.1 Å². The molecule has 0 radical (unpaired) electrons. The van der Waals surface area contributed by atoms with E-state index in [1.54, 1.807) is 37.4 Å². The summed E-state index contributed by atoms with van der Waals surface area (Å²) in [5.74, 6) is 0.360. The molecule has 1 saturated heterocycles. The summed E-state index contributed by atoms with van der Waals surface area (Å²) in [6, 6.07) is 15.9. The highest BCUT2D eigenvalue weighted by molar-refractivity contribution is 6.22. The third-order valence-corrected chi connectivity index (χ3v) is 6.13. The van der Waals surface area contributed by atoms with E-state index in [0.29, 0.717) is 23.4 Å². The fraction of sp³-hybridized carbons (Fsp3) is 0.240. The number of benzene rings is 2. The van der Waals surface area contributed by atoms with Gasteiger partial charge >= 0.3 is 0 Å². The molecule has 1 fully saturated rings. The van der Waals surface area contributed by atoms with E-state index in [0.717, 1.165) is 29.1 Å². The quantitative estimate of drug-likeness (QED) is 0.570. The first-order valence-electron chi connectivity index (χ1n) is 10.5. The van der Waals surface area contributed by atoms with Crippen LogP contribution in [0.25, 0.3) is 0 Å². The van der Waals surface area contributed by atoms with Gasteiger partial charge in [0.15, 0.2) is 0 Å². The summed E-state index contributed by atoms with van der Waals surface area (Å²) in [4.78, 5) is 42.0. The smallest absolute Gasteiger partial charge is 0.261 e. The van der Waals surface area contributed by atoms with E-state index in [2.05, 4.69) is 0 Å². The average molecular weight is 430 g/mol. The van der Waals surface area contributed by atoms with Gasteiger partial charge in [0.2, 0.25) is 0 Å². The third-order valence-electron chi connectivity index (χ3n) is 6.13. The summed E-state index contributed by atoms with van der Waals surface area (Å²) in [7, 11) is 1.62. The first-order valence-corrected chi connectivity index (χ1v) is 10.5. The molecule has 0 aliphatic carbocycles. The molecule has 0 N–H and O–H groups in total. The summed E-state index contributed by atoms with van der Waals surface area (Å²) in [5.41, 5.74) is 2.03. The largest absolute Gasteiger partial charge is 0.497 e. The van der Waals surface area contributed by atoms with Crippen molar-refractivity contribution in [2.75, 3.05) is 13.7 Å². The van der Waals surface area contributed by atoms with E-state index >= 15 is 0 Å². The summed E-state index contributed by atoms with van der Waals surface area (Å²) in [6.45, 7) is 0.707. The van der Waals surface area contributed by atoms with Crippen molar-refractivity contribution in [2.45, 2.75) is 25.4 Å². The van der Waals surface area contributed by atoms with Crippen LogP contribution in [0, 0.1) is 0 Å². The lowest BCUT2D eigenvalue weighted by Crippen LogP contribution is -2.30. The second-order valence-electron chi connectivity index (χ2n) is 7.97. The lowest BCUT2D eigenvalue weighted by molar-refractivity contribution is 0.0631. The van der Waals surface area contributed by atoms with E-state index in [-0.39, 0.29) is 30.0 Å². The number of furan rings is 1. The Balaban J connectivity index is 1.39. The molecule has 1 unspecified atom stereocenters. The highest BCUT2D eigenvalue weighted by atomic mass is 16.5. The van der Waals surface area contributed by atoms with Crippen LogP contribution in [0.4, 0.5) is 0 Å². The molecule has 32 heavy (non-hydrogen) atoms. The number of carbonyl (C=O) groups is 3. The predicted octanol–water partition coefficient (Wildman–Crippen LogP) is 4.06. The predicted molar refractivity (Wildman–Crippen MR) is 115 cm³/mol. The molecule has 162 valence electrons. The number of amides is 3. The molecular formula is C25H22N2O5. The van der Waals surface area contributed by atoms with Crippen molar-refractivity contribution >= 4 is 17.7 Å². The lowest BCUT2D eigenvalue weighted by atomic mass is 10.0. The van der Waals surface area contributed by atoms with Crippen LogP contribution in [-0.2, 0) is 6.54 Å². The van der Waals surface area contributed by atoms with Gasteiger partial charge in [0.25, 0.3) is 17.7 Å². The Hall–Kier alpha value is -3.87. The van der Waals surface area contributed by atoms with Gasteiger partial charge in [-0.25, -0.2) is 0 Å². The molecule has 0 saturated carbocycles. The topological polar surface area (TPSA) is 80.1 Å². The molecule has 5 rings (SSSR count). The van der Waals surface area contributed by atoms with Gasteiger partial charge in [-0.05, 0) is 60.9 Å². The van der Waals surface area contributed by atoms with Crippen LogP contribution in [-0.4, -0.2) is 41.2 Å². The fourth-order valence-corrected chi connectivity index (χ4v) is 4.47. The highest BCUT2D eigenvalue weighted by Crippen LogP contribution is 2.34. The molecule has 0 spiro atoms. The van der Waals surface area contributed by atoms with E-state index in [1.165, 1.54) is 6.26 Å². The van der Waals surface area contributed by atoms with Crippen LogP contribution in [0.3, 0.4) is 0 Å². The molecule has 1 atom stereocenters. The monoisotopic (exact) mass is 430 g/mol. The van der Waals surface area contributed by atoms with Crippen LogP contribution in [0.2, 0.25) is 0 Å². The Labute approximate surface area is 185 Å². The third kappa shape index (κ3) is 3.36. The molecule has 2 aliphatic heterocycles. The molecular weight excluding hydrogens is 408 g/mol. The maximum atomic E-state index is 13.4. The summed E-state index contributed by atoms with van der Waals surface area (Å²) < 4.78 is 10.5. The van der Waals surface area contributed by atoms with Gasteiger partial charge in [-0.1, -0.05) is 12.1 Å². The second-order valence-corrected chi connectivity index (χ2v) is 7.97. The van der Waals surface area contributed by atoms with Gasteiger partial charge in [0.05, 0.1) is 37.1 Å². The van der Waals surface area contributed by atoms with Gasteiger partial charge in [0.1, 0.15) is 11.5 Å². The zero-order valence-electron chi connectivity index (χ0n) is 17.6. The first kappa shape index (κ1) is 20.1. The van der Waals surface area contributed by atoms with Crippen LogP contribution >= 0.6 is 0 Å². The van der Waals surface area contributed by atoms with Crippen LogP contribution in [0.15, 0.2) is 65.3 Å². The van der Waals surface area contributed by atoms with Crippen molar-refractivity contribution in [1.82, 2.24) is 9.80 Å². The molecule has 2 aliphatic rings. The fourth-order valence-electron chi connectivity index (χ4n) is 4.47. The number of imide groups is 1. The molecule has 3 heterocycles. The van der Waals surface area contributed by atoms with Gasteiger partial charge in [-0.3, -0.25) is 19.3 Å². The van der Waals surface area contributed by atoms with Gasteiger partial charge in [-0.2, -0.15) is 0 Å². The number of fused-ring (bicyclic) bond motifs is 1. The minimum absolute atomic E-state index is 0.0329. The Kier molecular flexibility index (Phi) is 5.01. The minimum Gasteiger partial charge on any atom is -0.497 e. The number of ether oxygens (including phenoxy) is 1. The van der Waals surface area contributed by atoms with Crippen LogP contribution < -0.4 is 4.74 Å². The minimum atomic E-state index is -0.413. The highest BCUT2D eigenvalue weighted by Gasteiger charge is 2.37. The number of hydrogen-bond donors (Lipinski definition) is 0. The van der Waals surface area contributed by atoms with E-state index in [9.17, 15) is 14.4 Å². The van der Waals surface area contributed by atoms with Crippen molar-refractivity contribution in [3.8, 4) is 5.75 Å². The summed E-state index contributed by atoms with van der Waals surface area (Å²) >= 11 is 0. The summed E-state index contributed by atoms with van der Waals surface area (Å²) in [5, 5.41) is 0. The average Bonchev–Trinajstić information content (AvgIpc) is 3.57. The van der Waals surface area contributed by atoms with Crippen molar-refractivity contribution in [3.05, 3.63) is 88.9 Å². The number of methoxy groups -OCH3 is 1. The Morgan fingerprint density at radius 2 is 1.84 bits per heavy atom. The maximum absolute atomic E-state index is 13.4. The Bertz CT molecular complexity index is 1180. The maximum Gasteiger partial charge on any atom is 0.261 e. The molecule has 2 aromatic carbocycles. The molecule has 7 nitrogen and oxygen atoms in total. The zero-order chi connectivity index (χ0) is 22.2. The van der Waals surface area contributed by atoms with Crippen molar-refractivity contribution < 1.29 is 23.5 Å². The van der Waals surface area contributed by atoms with E-state index in [1.807, 2.05) is 29.2 Å². The number of hydrogen-bond acceptors (Lipinski definition) is 5. The van der Waals surface area contributed by atoms with Gasteiger partial charge < -0.3 is 14.1 Å². The lowest BCUT2D eigenvalue weighted by Gasteiger charge is -2.25. The number of rotatable bonds is 5. The standard InChI is InChI=1S/C25H22N2O5/c1-31-18-9-6-16(7-10-18)22-5-2-12-26(22)23(28)17-8-11-20-21(14-17)25(30)27(24(20)29)15-19-4-3-13-32-19/h3-4,6-11,13-14,22H,2,5,12,15H2,1H3. The number of nitrogens with zero attached hydrogens (tertiary/aromatic N) is 2. The Morgan fingerprint density at radius 1 is 1.06 bits per heavy atom. The zero-order valence-corrected chi connectivity index (χ0v) is 17.6. The van der Waals surface area contributed by atoms with Crippen molar-refractivity contribution in [1.29, 1.82) is 0 Å². The molecule has 0 bridgehead atoms. The van der Waals surface area contributed by atoms with E-state index in [4.69, 9.17) is 9.15 Å². The molecule has 7 heteroatoms. The summed E-state index contributed by atoms with van der Waals surface area (Å²) in [6.07, 6.45) is 3.28. The van der Waals surface area contributed by atoms with Crippen LogP contribution in [0.5, 0.6) is 5.75 Å². The Morgan fingerprint density at radius 3 is 2.56 bits per heavy atom.